The zero-order valence-corrected chi connectivity index (χ0v) is 13.8. The van der Waals surface area contributed by atoms with Crippen molar-refractivity contribution in [2.45, 2.75) is 26.2 Å². The highest BCUT2D eigenvalue weighted by molar-refractivity contribution is 5.87. The van der Waals surface area contributed by atoms with Crippen LogP contribution in [-0.2, 0) is 9.53 Å². The van der Waals surface area contributed by atoms with Crippen molar-refractivity contribution in [1.29, 1.82) is 0 Å². The number of para-hydroxylation sites is 1. The van der Waals surface area contributed by atoms with E-state index in [1.807, 2.05) is 54.6 Å². The van der Waals surface area contributed by atoms with E-state index in [4.69, 9.17) is 4.74 Å². The van der Waals surface area contributed by atoms with Gasteiger partial charge in [-0.2, -0.15) is 0 Å². The number of hydrogen-bond acceptors (Lipinski definition) is 5. The Balaban J connectivity index is 2.01. The summed E-state index contributed by atoms with van der Waals surface area (Å²) < 4.78 is 5.19. The molecule has 3 N–H and O–H groups in total. The molecule has 2 unspecified atom stereocenters. The van der Waals surface area contributed by atoms with E-state index < -0.39 is 18.3 Å². The van der Waals surface area contributed by atoms with Crippen molar-refractivity contribution >= 4 is 23.0 Å². The second-order valence-electron chi connectivity index (χ2n) is 5.56. The van der Waals surface area contributed by atoms with Crippen LogP contribution < -0.4 is 10.6 Å². The molecule has 2 aromatic carbocycles. The average molecular weight is 326 g/mol. The summed E-state index contributed by atoms with van der Waals surface area (Å²) in [6, 6.07) is 17.3. The maximum Gasteiger partial charge on any atom is 0.335 e. The predicted molar refractivity (Wildman–Crippen MR) is 96.2 cm³/mol. The summed E-state index contributed by atoms with van der Waals surface area (Å²) in [6.07, 6.45) is -1.71. The lowest BCUT2D eigenvalue weighted by Crippen LogP contribution is -2.36. The van der Waals surface area contributed by atoms with Crippen LogP contribution in [0.3, 0.4) is 0 Å². The summed E-state index contributed by atoms with van der Waals surface area (Å²) in [6.45, 7) is 6.65. The molecule has 0 bridgehead atoms. The standard InChI is InChI=1S/C19H22N2O3/c1-13(2)19(23)24-18(14(3)22)21-17-11-9-16(10-12-17)20-15-7-5-4-6-8-15/h4-12,14,18,20-22H,1H2,2-3H3. The molecule has 0 fully saturated rings. The largest absolute Gasteiger partial charge is 0.436 e. The molecular weight excluding hydrogens is 304 g/mol. The van der Waals surface area contributed by atoms with Crippen molar-refractivity contribution in [3.8, 4) is 0 Å². The first-order valence-corrected chi connectivity index (χ1v) is 7.69. The zero-order valence-electron chi connectivity index (χ0n) is 13.8. The number of nitrogens with one attached hydrogen (secondary N) is 2. The molecule has 0 aliphatic rings. The smallest absolute Gasteiger partial charge is 0.335 e. The van der Waals surface area contributed by atoms with Crippen LogP contribution in [0.15, 0.2) is 66.7 Å². The van der Waals surface area contributed by atoms with E-state index in [2.05, 4.69) is 17.2 Å². The lowest BCUT2D eigenvalue weighted by atomic mass is 10.2. The number of hydrogen-bond donors (Lipinski definition) is 3. The zero-order chi connectivity index (χ0) is 17.5. The maximum absolute atomic E-state index is 11.6. The third kappa shape index (κ3) is 5.14. The van der Waals surface area contributed by atoms with E-state index in [1.165, 1.54) is 0 Å². The molecule has 2 aromatic rings. The number of carbonyl (C=O) groups is 1. The summed E-state index contributed by atoms with van der Waals surface area (Å²) in [5.41, 5.74) is 2.94. The lowest BCUT2D eigenvalue weighted by Gasteiger charge is -2.23. The number of aliphatic hydroxyl groups excluding tert-OH is 1. The van der Waals surface area contributed by atoms with Crippen molar-refractivity contribution < 1.29 is 14.6 Å². The molecule has 5 nitrogen and oxygen atoms in total. The van der Waals surface area contributed by atoms with Gasteiger partial charge in [0.25, 0.3) is 0 Å². The van der Waals surface area contributed by atoms with E-state index in [1.54, 1.807) is 13.8 Å². The fraction of sp³-hybridized carbons (Fsp3) is 0.211. The Morgan fingerprint density at radius 1 is 1.04 bits per heavy atom. The second kappa shape index (κ2) is 8.17. The third-order valence-electron chi connectivity index (χ3n) is 3.28. The van der Waals surface area contributed by atoms with E-state index in [0.29, 0.717) is 0 Å². The first kappa shape index (κ1) is 17.6. The van der Waals surface area contributed by atoms with Crippen LogP contribution in [0.25, 0.3) is 0 Å². The number of ether oxygens (including phenoxy) is 1. The molecule has 2 rings (SSSR count). The Labute approximate surface area is 142 Å². The molecule has 2 atom stereocenters. The van der Waals surface area contributed by atoms with E-state index in [-0.39, 0.29) is 5.57 Å². The normalized spacial score (nSPS) is 12.8. The summed E-state index contributed by atoms with van der Waals surface area (Å²) in [7, 11) is 0. The highest BCUT2D eigenvalue weighted by Gasteiger charge is 2.19. The number of aliphatic hydroxyl groups is 1. The van der Waals surface area contributed by atoms with Crippen molar-refractivity contribution in [2.75, 3.05) is 10.6 Å². The quantitative estimate of drug-likeness (QED) is 0.411. The molecule has 0 heterocycles. The van der Waals surface area contributed by atoms with Gasteiger partial charge in [-0.15, -0.1) is 0 Å². The molecule has 5 heteroatoms. The predicted octanol–water partition coefficient (Wildman–Crippen LogP) is 3.67. The Morgan fingerprint density at radius 2 is 1.58 bits per heavy atom. The first-order chi connectivity index (χ1) is 11.5. The average Bonchev–Trinajstić information content (AvgIpc) is 2.56. The minimum Gasteiger partial charge on any atom is -0.436 e. The Hall–Kier alpha value is -2.79. The fourth-order valence-electron chi connectivity index (χ4n) is 1.97. The molecule has 0 saturated carbocycles. The Morgan fingerprint density at radius 3 is 2.12 bits per heavy atom. The van der Waals surface area contributed by atoms with Crippen LogP contribution in [0, 0.1) is 0 Å². The molecule has 24 heavy (non-hydrogen) atoms. The molecule has 126 valence electrons. The number of rotatable bonds is 7. The Bertz CT molecular complexity index is 682. The van der Waals surface area contributed by atoms with Crippen molar-refractivity contribution in [1.82, 2.24) is 0 Å². The van der Waals surface area contributed by atoms with Gasteiger partial charge in [-0.05, 0) is 50.2 Å². The van der Waals surface area contributed by atoms with E-state index >= 15 is 0 Å². The molecule has 0 spiro atoms. The molecule has 0 aliphatic carbocycles. The molecule has 0 aromatic heterocycles. The van der Waals surface area contributed by atoms with Gasteiger partial charge < -0.3 is 20.5 Å². The van der Waals surface area contributed by atoms with Gasteiger partial charge >= 0.3 is 5.97 Å². The Kier molecular flexibility index (Phi) is 5.98. The number of benzene rings is 2. The maximum atomic E-state index is 11.6. The summed E-state index contributed by atoms with van der Waals surface area (Å²) >= 11 is 0. The van der Waals surface area contributed by atoms with E-state index in [0.717, 1.165) is 17.1 Å². The van der Waals surface area contributed by atoms with Gasteiger partial charge in [0.2, 0.25) is 0 Å². The van der Waals surface area contributed by atoms with Gasteiger partial charge in [-0.25, -0.2) is 4.79 Å². The molecule has 0 amide bonds. The summed E-state index contributed by atoms with van der Waals surface area (Å²) in [5.74, 6) is -0.546. The monoisotopic (exact) mass is 326 g/mol. The van der Waals surface area contributed by atoms with Crippen LogP contribution in [0.1, 0.15) is 13.8 Å². The first-order valence-electron chi connectivity index (χ1n) is 7.69. The van der Waals surface area contributed by atoms with Crippen LogP contribution >= 0.6 is 0 Å². The van der Waals surface area contributed by atoms with Crippen LogP contribution in [-0.4, -0.2) is 23.4 Å². The lowest BCUT2D eigenvalue weighted by molar-refractivity contribution is -0.147. The minimum atomic E-state index is -0.865. The fourth-order valence-corrected chi connectivity index (χ4v) is 1.97. The molecular formula is C19H22N2O3. The summed E-state index contributed by atoms with van der Waals surface area (Å²) in [5, 5.41) is 16.0. The van der Waals surface area contributed by atoms with Gasteiger partial charge in [-0.3, -0.25) is 0 Å². The van der Waals surface area contributed by atoms with Gasteiger partial charge in [-0.1, -0.05) is 24.8 Å². The van der Waals surface area contributed by atoms with Crippen LogP contribution in [0.5, 0.6) is 0 Å². The van der Waals surface area contributed by atoms with Crippen molar-refractivity contribution in [3.63, 3.8) is 0 Å². The number of carbonyl (C=O) groups excluding carboxylic acids is 1. The number of anilines is 3. The topological polar surface area (TPSA) is 70.6 Å². The van der Waals surface area contributed by atoms with Gasteiger partial charge in [0.15, 0.2) is 6.23 Å². The van der Waals surface area contributed by atoms with Gasteiger partial charge in [0.05, 0.1) is 0 Å². The van der Waals surface area contributed by atoms with E-state index in [9.17, 15) is 9.90 Å². The molecule has 0 radical (unpaired) electrons. The minimum absolute atomic E-state index is 0.282. The molecule has 0 saturated heterocycles. The molecule has 0 aliphatic heterocycles. The SMILES string of the molecule is C=C(C)C(=O)OC(Nc1ccc(Nc2ccccc2)cc1)C(C)O. The van der Waals surface area contributed by atoms with Crippen LogP contribution in [0.4, 0.5) is 17.1 Å². The number of esters is 1. The highest BCUT2D eigenvalue weighted by Crippen LogP contribution is 2.19. The van der Waals surface area contributed by atoms with Crippen molar-refractivity contribution in [2.24, 2.45) is 0 Å². The highest BCUT2D eigenvalue weighted by atomic mass is 16.6. The summed E-state index contributed by atoms with van der Waals surface area (Å²) in [4.78, 5) is 11.6. The van der Waals surface area contributed by atoms with Crippen LogP contribution in [0.2, 0.25) is 0 Å². The van der Waals surface area contributed by atoms with Gasteiger partial charge in [0, 0.05) is 22.6 Å². The van der Waals surface area contributed by atoms with Gasteiger partial charge in [0.1, 0.15) is 6.10 Å². The third-order valence-corrected chi connectivity index (χ3v) is 3.28. The van der Waals surface area contributed by atoms with Crippen molar-refractivity contribution in [3.05, 3.63) is 66.7 Å². The second-order valence-corrected chi connectivity index (χ2v) is 5.56.